The molecular formula is C12H20O3. The molecule has 0 fully saturated rings. The molecular weight excluding hydrogens is 192 g/mol. The van der Waals surface area contributed by atoms with Crippen LogP contribution < -0.4 is 0 Å². The second-order valence-electron chi connectivity index (χ2n) is 3.96. The number of carbonyl (C=O) groups is 1. The Balaban J connectivity index is 3.89. The van der Waals surface area contributed by atoms with Gasteiger partial charge in [0.15, 0.2) is 6.10 Å². The Bertz CT molecular complexity index is 260. The molecule has 0 aliphatic rings. The van der Waals surface area contributed by atoms with E-state index >= 15 is 0 Å². The number of hydrogen-bond acceptors (Lipinski definition) is 2. The summed E-state index contributed by atoms with van der Waals surface area (Å²) < 4.78 is 0. The molecule has 0 heterocycles. The van der Waals surface area contributed by atoms with Gasteiger partial charge in [-0.15, -0.1) is 0 Å². The molecule has 3 heteroatoms. The maximum atomic E-state index is 10.3. The van der Waals surface area contributed by atoms with E-state index in [0.29, 0.717) is 0 Å². The normalized spacial score (nSPS) is 13.5. The molecule has 86 valence electrons. The minimum Gasteiger partial charge on any atom is -0.479 e. The van der Waals surface area contributed by atoms with Gasteiger partial charge in [0.25, 0.3) is 0 Å². The van der Waals surface area contributed by atoms with Crippen molar-refractivity contribution in [2.24, 2.45) is 0 Å². The molecule has 0 aliphatic carbocycles. The molecule has 3 nitrogen and oxygen atoms in total. The summed E-state index contributed by atoms with van der Waals surface area (Å²) in [5.41, 5.74) is 2.40. The molecule has 0 aliphatic heterocycles. The van der Waals surface area contributed by atoms with Crippen molar-refractivity contribution in [3.63, 3.8) is 0 Å². The van der Waals surface area contributed by atoms with E-state index in [1.807, 2.05) is 20.8 Å². The number of aliphatic carboxylic acids is 1. The van der Waals surface area contributed by atoms with Gasteiger partial charge in [-0.2, -0.15) is 0 Å². The van der Waals surface area contributed by atoms with Crippen LogP contribution in [-0.2, 0) is 4.79 Å². The van der Waals surface area contributed by atoms with Crippen LogP contribution in [-0.4, -0.2) is 22.3 Å². The fourth-order valence-electron chi connectivity index (χ4n) is 1.10. The summed E-state index contributed by atoms with van der Waals surface area (Å²) in [7, 11) is 0. The Morgan fingerprint density at radius 3 is 2.33 bits per heavy atom. The second-order valence-corrected chi connectivity index (χ2v) is 3.96. The fraction of sp³-hybridized carbons (Fsp3) is 0.583. The van der Waals surface area contributed by atoms with Gasteiger partial charge in [0.2, 0.25) is 0 Å². The zero-order valence-electron chi connectivity index (χ0n) is 9.66. The van der Waals surface area contributed by atoms with Crippen LogP contribution in [0.4, 0.5) is 0 Å². The lowest BCUT2D eigenvalue weighted by Crippen LogP contribution is -2.18. The third kappa shape index (κ3) is 7.94. The van der Waals surface area contributed by atoms with Crippen molar-refractivity contribution in [3.05, 3.63) is 23.3 Å². The van der Waals surface area contributed by atoms with Gasteiger partial charge >= 0.3 is 5.97 Å². The zero-order valence-corrected chi connectivity index (χ0v) is 9.66. The molecule has 15 heavy (non-hydrogen) atoms. The first-order valence-electron chi connectivity index (χ1n) is 5.13. The van der Waals surface area contributed by atoms with E-state index in [1.54, 1.807) is 6.08 Å². The Labute approximate surface area is 91.1 Å². The van der Waals surface area contributed by atoms with Crippen LogP contribution in [0.2, 0.25) is 0 Å². The summed E-state index contributed by atoms with van der Waals surface area (Å²) >= 11 is 0. The van der Waals surface area contributed by atoms with Crippen LogP contribution in [0.3, 0.4) is 0 Å². The number of hydrogen-bond donors (Lipinski definition) is 2. The van der Waals surface area contributed by atoms with Crippen LogP contribution in [0, 0.1) is 0 Å². The van der Waals surface area contributed by atoms with Crippen LogP contribution >= 0.6 is 0 Å². The smallest absolute Gasteiger partial charge is 0.332 e. The maximum absolute atomic E-state index is 10.3. The monoisotopic (exact) mass is 212 g/mol. The topological polar surface area (TPSA) is 57.5 Å². The van der Waals surface area contributed by atoms with Gasteiger partial charge in [-0.05, 0) is 33.6 Å². The van der Waals surface area contributed by atoms with Gasteiger partial charge in [0, 0.05) is 6.42 Å². The highest BCUT2D eigenvalue weighted by molar-refractivity contribution is 5.72. The summed E-state index contributed by atoms with van der Waals surface area (Å²) in [5.74, 6) is -1.16. The van der Waals surface area contributed by atoms with Crippen molar-refractivity contribution >= 4 is 5.97 Å². The first-order valence-corrected chi connectivity index (χ1v) is 5.13. The average molecular weight is 212 g/mol. The van der Waals surface area contributed by atoms with Crippen LogP contribution in [0.25, 0.3) is 0 Å². The number of rotatable bonds is 6. The predicted octanol–water partition coefficient (Wildman–Crippen LogP) is 2.51. The molecule has 0 aromatic rings. The van der Waals surface area contributed by atoms with Crippen molar-refractivity contribution in [2.45, 2.75) is 46.1 Å². The SMILES string of the molecule is CC(C)=CCCC(C)=CCC(O)C(=O)O. The Morgan fingerprint density at radius 2 is 1.87 bits per heavy atom. The number of aliphatic hydroxyl groups is 1. The van der Waals surface area contributed by atoms with Crippen molar-refractivity contribution in [3.8, 4) is 0 Å². The highest BCUT2D eigenvalue weighted by Crippen LogP contribution is 2.08. The molecule has 2 N–H and O–H groups in total. The van der Waals surface area contributed by atoms with Gasteiger partial charge in [0.1, 0.15) is 0 Å². The number of allylic oxidation sites excluding steroid dienone is 3. The molecule has 1 atom stereocenters. The lowest BCUT2D eigenvalue weighted by atomic mass is 10.1. The van der Waals surface area contributed by atoms with Crippen molar-refractivity contribution in [2.75, 3.05) is 0 Å². The number of carboxylic acid groups (broad SMARTS) is 1. The maximum Gasteiger partial charge on any atom is 0.332 e. The molecule has 0 amide bonds. The lowest BCUT2D eigenvalue weighted by Gasteiger charge is -2.02. The highest BCUT2D eigenvalue weighted by Gasteiger charge is 2.10. The van der Waals surface area contributed by atoms with E-state index in [0.717, 1.165) is 18.4 Å². The van der Waals surface area contributed by atoms with Gasteiger partial charge < -0.3 is 10.2 Å². The van der Waals surface area contributed by atoms with Crippen molar-refractivity contribution in [1.29, 1.82) is 0 Å². The van der Waals surface area contributed by atoms with Gasteiger partial charge in [-0.1, -0.05) is 23.3 Å². The van der Waals surface area contributed by atoms with E-state index in [1.165, 1.54) is 5.57 Å². The standard InChI is InChI=1S/C12H20O3/c1-9(2)5-4-6-10(3)7-8-11(13)12(14)15/h5,7,11,13H,4,6,8H2,1-3H3,(H,14,15). The highest BCUT2D eigenvalue weighted by atomic mass is 16.4. The predicted molar refractivity (Wildman–Crippen MR) is 60.7 cm³/mol. The van der Waals surface area contributed by atoms with Crippen molar-refractivity contribution < 1.29 is 15.0 Å². The van der Waals surface area contributed by atoms with Gasteiger partial charge in [0.05, 0.1) is 0 Å². The quantitative estimate of drug-likeness (QED) is 0.665. The van der Waals surface area contributed by atoms with E-state index in [4.69, 9.17) is 10.2 Å². The minimum atomic E-state index is -1.27. The molecule has 0 aromatic heterocycles. The Kier molecular flexibility index (Phi) is 6.71. The molecule has 0 radical (unpaired) electrons. The van der Waals surface area contributed by atoms with E-state index in [9.17, 15) is 4.79 Å². The summed E-state index contributed by atoms with van der Waals surface area (Å²) in [6, 6.07) is 0. The minimum absolute atomic E-state index is 0.190. The Hall–Kier alpha value is -1.09. The van der Waals surface area contributed by atoms with Crippen LogP contribution in [0.15, 0.2) is 23.3 Å². The van der Waals surface area contributed by atoms with E-state index in [2.05, 4.69) is 6.08 Å². The zero-order chi connectivity index (χ0) is 11.8. The molecule has 0 spiro atoms. The Morgan fingerprint density at radius 1 is 1.27 bits per heavy atom. The van der Waals surface area contributed by atoms with Crippen molar-refractivity contribution in [1.82, 2.24) is 0 Å². The molecule has 0 saturated heterocycles. The number of aliphatic hydroxyl groups excluding tert-OH is 1. The lowest BCUT2D eigenvalue weighted by molar-refractivity contribution is -0.146. The summed E-state index contributed by atoms with van der Waals surface area (Å²) in [4.78, 5) is 10.3. The second kappa shape index (κ2) is 7.23. The molecule has 0 rings (SSSR count). The molecule has 1 unspecified atom stereocenters. The van der Waals surface area contributed by atoms with Crippen LogP contribution in [0.5, 0.6) is 0 Å². The molecule has 0 bridgehead atoms. The van der Waals surface area contributed by atoms with Gasteiger partial charge in [-0.25, -0.2) is 4.79 Å². The van der Waals surface area contributed by atoms with E-state index in [-0.39, 0.29) is 6.42 Å². The number of carboxylic acids is 1. The largest absolute Gasteiger partial charge is 0.479 e. The first-order chi connectivity index (χ1) is 6.93. The van der Waals surface area contributed by atoms with E-state index < -0.39 is 12.1 Å². The van der Waals surface area contributed by atoms with Gasteiger partial charge in [-0.3, -0.25) is 0 Å². The van der Waals surface area contributed by atoms with Crippen LogP contribution in [0.1, 0.15) is 40.0 Å². The summed E-state index contributed by atoms with van der Waals surface area (Å²) in [6.45, 7) is 6.05. The third-order valence-corrected chi connectivity index (χ3v) is 2.07. The average Bonchev–Trinajstić information content (AvgIpc) is 2.13. The summed E-state index contributed by atoms with van der Waals surface area (Å²) in [6.07, 6.45) is 4.73. The first kappa shape index (κ1) is 13.9. The summed E-state index contributed by atoms with van der Waals surface area (Å²) in [5, 5.41) is 17.5. The fourth-order valence-corrected chi connectivity index (χ4v) is 1.10. The third-order valence-electron chi connectivity index (χ3n) is 2.07. The molecule has 0 saturated carbocycles. The molecule has 0 aromatic carbocycles.